The van der Waals surface area contributed by atoms with E-state index in [1.54, 1.807) is 0 Å². The van der Waals surface area contributed by atoms with Gasteiger partial charge in [-0.25, -0.2) is 4.98 Å². The molecule has 0 spiro atoms. The van der Waals surface area contributed by atoms with Gasteiger partial charge in [0.1, 0.15) is 5.82 Å². The van der Waals surface area contributed by atoms with E-state index in [1.165, 1.54) is 10.9 Å². The molecule has 0 amide bonds. The number of H-pyrrole nitrogens is 2. The molecule has 0 unspecified atom stereocenters. The molecule has 0 aliphatic heterocycles. The van der Waals surface area contributed by atoms with E-state index in [0.717, 1.165) is 35.6 Å². The summed E-state index contributed by atoms with van der Waals surface area (Å²) in [6, 6.07) is 8.68. The lowest BCUT2D eigenvalue weighted by atomic mass is 9.80. The number of benzene rings is 1. The average Bonchev–Trinajstić information content (AvgIpc) is 2.98. The van der Waals surface area contributed by atoms with Gasteiger partial charge < -0.3 is 15.7 Å². The quantitative estimate of drug-likeness (QED) is 0.667. The standard InChI is InChI=1S/C16H18N4/c1-9-15(20-16(19-9)10-6-11(17)7-10)13-8-18-14-5-3-2-4-12(13)14/h2-5,8,10-11,18H,6-7,17H2,1H3,(H,19,20). The second-order valence-electron chi connectivity index (χ2n) is 5.77. The Hall–Kier alpha value is -2.07. The maximum atomic E-state index is 5.87. The van der Waals surface area contributed by atoms with Gasteiger partial charge in [0, 0.05) is 40.3 Å². The normalized spacial score (nSPS) is 22.1. The number of hydrogen-bond donors (Lipinski definition) is 3. The molecule has 0 bridgehead atoms. The van der Waals surface area contributed by atoms with E-state index < -0.39 is 0 Å². The molecule has 102 valence electrons. The number of aromatic amines is 2. The topological polar surface area (TPSA) is 70.5 Å². The number of fused-ring (bicyclic) bond motifs is 1. The van der Waals surface area contributed by atoms with Crippen LogP contribution in [0.1, 0.15) is 30.3 Å². The van der Waals surface area contributed by atoms with Crippen molar-refractivity contribution in [3.63, 3.8) is 0 Å². The lowest BCUT2D eigenvalue weighted by Gasteiger charge is -2.30. The minimum Gasteiger partial charge on any atom is -0.360 e. The molecule has 0 atom stereocenters. The molecule has 1 fully saturated rings. The largest absolute Gasteiger partial charge is 0.360 e. The summed E-state index contributed by atoms with van der Waals surface area (Å²) in [6.07, 6.45) is 4.13. The molecule has 1 aromatic carbocycles. The summed E-state index contributed by atoms with van der Waals surface area (Å²) < 4.78 is 0. The van der Waals surface area contributed by atoms with E-state index in [-0.39, 0.29) is 0 Å². The van der Waals surface area contributed by atoms with Gasteiger partial charge in [-0.05, 0) is 25.8 Å². The highest BCUT2D eigenvalue weighted by atomic mass is 15.0. The van der Waals surface area contributed by atoms with Crippen LogP contribution in [-0.4, -0.2) is 21.0 Å². The van der Waals surface area contributed by atoms with E-state index in [1.807, 2.05) is 12.3 Å². The van der Waals surface area contributed by atoms with Crippen molar-refractivity contribution >= 4 is 10.9 Å². The zero-order chi connectivity index (χ0) is 13.7. The second kappa shape index (κ2) is 4.21. The monoisotopic (exact) mass is 266 g/mol. The Kier molecular flexibility index (Phi) is 2.47. The molecule has 4 nitrogen and oxygen atoms in total. The fourth-order valence-corrected chi connectivity index (χ4v) is 3.09. The maximum Gasteiger partial charge on any atom is 0.110 e. The Bertz CT molecular complexity index is 762. The number of nitrogens with two attached hydrogens (primary N) is 1. The first-order valence-corrected chi connectivity index (χ1v) is 7.11. The van der Waals surface area contributed by atoms with Crippen molar-refractivity contribution < 1.29 is 0 Å². The Morgan fingerprint density at radius 2 is 2.05 bits per heavy atom. The first-order valence-electron chi connectivity index (χ1n) is 7.11. The van der Waals surface area contributed by atoms with Crippen LogP contribution in [0.25, 0.3) is 22.2 Å². The van der Waals surface area contributed by atoms with Crippen molar-refractivity contribution in [2.45, 2.75) is 31.7 Å². The minimum absolute atomic E-state index is 0.349. The number of hydrogen-bond acceptors (Lipinski definition) is 2. The van der Waals surface area contributed by atoms with Gasteiger partial charge in [0.2, 0.25) is 0 Å². The summed E-state index contributed by atoms with van der Waals surface area (Å²) in [4.78, 5) is 11.6. The van der Waals surface area contributed by atoms with Crippen molar-refractivity contribution in [2.75, 3.05) is 0 Å². The number of imidazole rings is 1. The van der Waals surface area contributed by atoms with Gasteiger partial charge in [0.25, 0.3) is 0 Å². The van der Waals surface area contributed by atoms with Crippen LogP contribution in [0, 0.1) is 6.92 Å². The third-order valence-electron chi connectivity index (χ3n) is 4.31. The number of aryl methyl sites for hydroxylation is 1. The smallest absolute Gasteiger partial charge is 0.110 e. The van der Waals surface area contributed by atoms with Crippen LogP contribution < -0.4 is 5.73 Å². The van der Waals surface area contributed by atoms with Crippen LogP contribution in [0.15, 0.2) is 30.5 Å². The third-order valence-corrected chi connectivity index (χ3v) is 4.31. The number of aromatic nitrogens is 3. The van der Waals surface area contributed by atoms with Crippen LogP contribution in [0.5, 0.6) is 0 Å². The van der Waals surface area contributed by atoms with E-state index in [2.05, 4.69) is 35.1 Å². The molecule has 1 saturated carbocycles. The Balaban J connectivity index is 1.78. The Morgan fingerprint density at radius 3 is 2.85 bits per heavy atom. The molecule has 20 heavy (non-hydrogen) atoms. The fraction of sp³-hybridized carbons (Fsp3) is 0.312. The van der Waals surface area contributed by atoms with Gasteiger partial charge >= 0.3 is 0 Å². The van der Waals surface area contributed by atoms with E-state index in [0.29, 0.717) is 12.0 Å². The molecule has 2 heterocycles. The van der Waals surface area contributed by atoms with Gasteiger partial charge in [-0.15, -0.1) is 0 Å². The van der Waals surface area contributed by atoms with E-state index in [9.17, 15) is 0 Å². The second-order valence-corrected chi connectivity index (χ2v) is 5.77. The lowest BCUT2D eigenvalue weighted by molar-refractivity contribution is 0.340. The lowest BCUT2D eigenvalue weighted by Crippen LogP contribution is -2.35. The minimum atomic E-state index is 0.349. The van der Waals surface area contributed by atoms with E-state index in [4.69, 9.17) is 10.7 Å². The van der Waals surface area contributed by atoms with Gasteiger partial charge in [-0.2, -0.15) is 0 Å². The highest BCUT2D eigenvalue weighted by Gasteiger charge is 2.30. The van der Waals surface area contributed by atoms with Crippen LogP contribution >= 0.6 is 0 Å². The molecule has 0 saturated heterocycles. The summed E-state index contributed by atoms with van der Waals surface area (Å²) in [5.74, 6) is 1.59. The fourth-order valence-electron chi connectivity index (χ4n) is 3.09. The van der Waals surface area contributed by atoms with Gasteiger partial charge in [-0.3, -0.25) is 0 Å². The van der Waals surface area contributed by atoms with Crippen molar-refractivity contribution in [2.24, 2.45) is 5.73 Å². The first-order chi connectivity index (χ1) is 9.72. The summed E-state index contributed by atoms with van der Waals surface area (Å²) in [6.45, 7) is 2.09. The Labute approximate surface area is 117 Å². The molecule has 0 radical (unpaired) electrons. The summed E-state index contributed by atoms with van der Waals surface area (Å²) in [7, 11) is 0. The summed E-state index contributed by atoms with van der Waals surface area (Å²) in [5, 5.41) is 1.22. The Morgan fingerprint density at radius 1 is 1.25 bits per heavy atom. The summed E-state index contributed by atoms with van der Waals surface area (Å²) >= 11 is 0. The molecule has 2 aromatic heterocycles. The predicted octanol–water partition coefficient (Wildman–Crippen LogP) is 3.07. The van der Waals surface area contributed by atoms with E-state index >= 15 is 0 Å². The molecule has 1 aliphatic carbocycles. The molecule has 3 aromatic rings. The van der Waals surface area contributed by atoms with Crippen molar-refractivity contribution in [3.05, 3.63) is 42.0 Å². The molecular weight excluding hydrogens is 248 g/mol. The number of rotatable bonds is 2. The molecule has 4 heteroatoms. The number of nitrogens with one attached hydrogen (secondary N) is 2. The first kappa shape index (κ1) is 11.7. The van der Waals surface area contributed by atoms with Crippen LogP contribution in [0.4, 0.5) is 0 Å². The average molecular weight is 266 g/mol. The van der Waals surface area contributed by atoms with Gasteiger partial charge in [0.15, 0.2) is 0 Å². The number of para-hydroxylation sites is 1. The zero-order valence-corrected chi connectivity index (χ0v) is 11.5. The SMILES string of the molecule is Cc1[nH]c(C2CC(N)C2)nc1-c1c[nH]c2ccccc12. The third kappa shape index (κ3) is 1.68. The maximum absolute atomic E-state index is 5.87. The van der Waals surface area contributed by atoms with Crippen LogP contribution in [-0.2, 0) is 0 Å². The van der Waals surface area contributed by atoms with Crippen molar-refractivity contribution in [1.82, 2.24) is 15.0 Å². The van der Waals surface area contributed by atoms with Crippen LogP contribution in [0.3, 0.4) is 0 Å². The predicted molar refractivity (Wildman–Crippen MR) is 80.6 cm³/mol. The van der Waals surface area contributed by atoms with Crippen LogP contribution in [0.2, 0.25) is 0 Å². The highest BCUT2D eigenvalue weighted by Crippen LogP contribution is 2.37. The van der Waals surface area contributed by atoms with Crippen molar-refractivity contribution in [1.29, 1.82) is 0 Å². The molecule has 4 N–H and O–H groups in total. The number of nitrogens with zero attached hydrogens (tertiary/aromatic N) is 1. The van der Waals surface area contributed by atoms with Gasteiger partial charge in [0.05, 0.1) is 5.69 Å². The zero-order valence-electron chi connectivity index (χ0n) is 11.5. The molecule has 1 aliphatic rings. The molecule has 4 rings (SSSR count). The van der Waals surface area contributed by atoms with Gasteiger partial charge in [-0.1, -0.05) is 18.2 Å². The highest BCUT2D eigenvalue weighted by molar-refractivity contribution is 5.95. The van der Waals surface area contributed by atoms with Crippen molar-refractivity contribution in [3.8, 4) is 11.3 Å². The summed E-state index contributed by atoms with van der Waals surface area (Å²) in [5.41, 5.74) is 10.4. The molecular formula is C16H18N4.